The summed E-state index contributed by atoms with van der Waals surface area (Å²) in [6.07, 6.45) is 1.77. The van der Waals surface area contributed by atoms with E-state index in [2.05, 4.69) is 34.9 Å². The van der Waals surface area contributed by atoms with Gasteiger partial charge < -0.3 is 9.47 Å². The Morgan fingerprint density at radius 3 is 2.52 bits per heavy atom. The van der Waals surface area contributed by atoms with E-state index in [1.165, 1.54) is 12.1 Å². The molecule has 210 valence electrons. The van der Waals surface area contributed by atoms with Crippen LogP contribution in [0.1, 0.15) is 41.8 Å². The fourth-order valence-electron chi connectivity index (χ4n) is 4.91. The number of amides is 1. The second kappa shape index (κ2) is 12.8. The molecule has 0 aromatic heterocycles. The van der Waals surface area contributed by atoms with E-state index in [0.29, 0.717) is 19.6 Å². The number of ether oxygens (including phenoxy) is 2. The molecule has 0 bridgehead atoms. The SMILES string of the molecule is CC(C)Oc1cccc2c1OC(CN(CC#CCN1C(=O)c3ccccc3S1(=O)=O)Cc1ccccc1)CC2.Cl. The van der Waals surface area contributed by atoms with Gasteiger partial charge in [-0.05, 0) is 56.0 Å². The van der Waals surface area contributed by atoms with Crippen LogP contribution >= 0.6 is 12.4 Å². The number of sulfonamides is 1. The number of para-hydroxylation sites is 1. The molecule has 0 radical (unpaired) electrons. The number of carbonyl (C=O) groups excluding carboxylic acids is 1. The molecule has 0 aliphatic carbocycles. The summed E-state index contributed by atoms with van der Waals surface area (Å²) in [5.74, 6) is 7.06. The van der Waals surface area contributed by atoms with Crippen molar-refractivity contribution in [2.75, 3.05) is 19.6 Å². The van der Waals surface area contributed by atoms with Crippen molar-refractivity contribution in [1.82, 2.24) is 9.21 Å². The van der Waals surface area contributed by atoms with Gasteiger partial charge in [-0.15, -0.1) is 12.4 Å². The Morgan fingerprint density at radius 2 is 1.77 bits per heavy atom. The molecule has 1 unspecified atom stereocenters. The second-order valence-corrected chi connectivity index (χ2v) is 11.8. The Kier molecular flexibility index (Phi) is 9.41. The first-order valence-corrected chi connectivity index (χ1v) is 14.6. The highest BCUT2D eigenvalue weighted by Crippen LogP contribution is 2.37. The van der Waals surface area contributed by atoms with Crippen LogP contribution in [0, 0.1) is 11.8 Å². The topological polar surface area (TPSA) is 76.2 Å². The van der Waals surface area contributed by atoms with Gasteiger partial charge in [0.1, 0.15) is 11.0 Å². The monoisotopic (exact) mass is 580 g/mol. The van der Waals surface area contributed by atoms with Crippen LogP contribution in [-0.2, 0) is 23.0 Å². The average Bonchev–Trinajstić information content (AvgIpc) is 3.12. The fraction of sp³-hybridized carbons (Fsp3) is 0.323. The third-order valence-electron chi connectivity index (χ3n) is 6.72. The van der Waals surface area contributed by atoms with Gasteiger partial charge in [0.2, 0.25) is 0 Å². The molecule has 1 atom stereocenters. The summed E-state index contributed by atoms with van der Waals surface area (Å²) in [5.41, 5.74) is 2.49. The molecule has 1 amide bonds. The zero-order valence-corrected chi connectivity index (χ0v) is 24.2. The van der Waals surface area contributed by atoms with Crippen molar-refractivity contribution in [1.29, 1.82) is 0 Å². The minimum Gasteiger partial charge on any atom is -0.487 e. The molecule has 3 aromatic carbocycles. The van der Waals surface area contributed by atoms with E-state index in [-0.39, 0.29) is 41.6 Å². The van der Waals surface area contributed by atoms with Crippen LogP contribution in [0.25, 0.3) is 0 Å². The van der Waals surface area contributed by atoms with Crippen molar-refractivity contribution in [3.63, 3.8) is 0 Å². The minimum absolute atomic E-state index is 0. The predicted molar refractivity (Wildman–Crippen MR) is 156 cm³/mol. The predicted octanol–water partition coefficient (Wildman–Crippen LogP) is 4.94. The van der Waals surface area contributed by atoms with E-state index < -0.39 is 15.9 Å². The zero-order valence-electron chi connectivity index (χ0n) is 22.6. The molecule has 5 rings (SSSR count). The van der Waals surface area contributed by atoms with Crippen molar-refractivity contribution >= 4 is 28.3 Å². The maximum absolute atomic E-state index is 12.8. The second-order valence-electron chi connectivity index (χ2n) is 10.0. The maximum Gasteiger partial charge on any atom is 0.269 e. The van der Waals surface area contributed by atoms with Gasteiger partial charge in [0.25, 0.3) is 15.9 Å². The Labute approximate surface area is 242 Å². The molecule has 2 aliphatic heterocycles. The summed E-state index contributed by atoms with van der Waals surface area (Å²) in [5, 5.41) is 0. The normalized spacial score (nSPS) is 16.9. The van der Waals surface area contributed by atoms with Crippen molar-refractivity contribution in [2.45, 2.75) is 50.3 Å². The van der Waals surface area contributed by atoms with E-state index >= 15 is 0 Å². The molecule has 2 heterocycles. The van der Waals surface area contributed by atoms with Gasteiger partial charge in [0, 0.05) is 13.1 Å². The van der Waals surface area contributed by atoms with E-state index in [1.54, 1.807) is 12.1 Å². The van der Waals surface area contributed by atoms with E-state index in [9.17, 15) is 13.2 Å². The summed E-state index contributed by atoms with van der Waals surface area (Å²) < 4.78 is 38.9. The smallest absolute Gasteiger partial charge is 0.269 e. The molecule has 40 heavy (non-hydrogen) atoms. The van der Waals surface area contributed by atoms with Crippen LogP contribution in [-0.4, -0.2) is 55.4 Å². The van der Waals surface area contributed by atoms with Crippen LogP contribution in [0.4, 0.5) is 0 Å². The summed E-state index contributed by atoms with van der Waals surface area (Å²) in [6, 6.07) is 22.4. The molecule has 7 nitrogen and oxygen atoms in total. The number of hydrogen-bond acceptors (Lipinski definition) is 6. The van der Waals surface area contributed by atoms with Crippen LogP contribution < -0.4 is 9.47 Å². The Hall–Kier alpha value is -3.51. The number of nitrogens with zero attached hydrogens (tertiary/aromatic N) is 2. The third-order valence-corrected chi connectivity index (χ3v) is 8.50. The molecule has 0 saturated carbocycles. The van der Waals surface area contributed by atoms with E-state index in [1.807, 2.05) is 44.2 Å². The number of rotatable bonds is 8. The summed E-state index contributed by atoms with van der Waals surface area (Å²) in [7, 11) is -3.87. The van der Waals surface area contributed by atoms with E-state index in [0.717, 1.165) is 39.8 Å². The molecule has 0 spiro atoms. The van der Waals surface area contributed by atoms with Crippen molar-refractivity contribution in [2.24, 2.45) is 0 Å². The molecule has 0 N–H and O–H groups in total. The number of benzene rings is 3. The number of aryl methyl sites for hydroxylation is 1. The van der Waals surface area contributed by atoms with Gasteiger partial charge >= 0.3 is 0 Å². The van der Waals surface area contributed by atoms with Gasteiger partial charge in [0.05, 0.1) is 24.8 Å². The summed E-state index contributed by atoms with van der Waals surface area (Å²) in [6.45, 7) is 5.53. The molecular formula is C31H33ClN2O5S. The fourth-order valence-corrected chi connectivity index (χ4v) is 6.38. The van der Waals surface area contributed by atoms with Crippen molar-refractivity contribution in [3.8, 4) is 23.3 Å². The van der Waals surface area contributed by atoms with Gasteiger partial charge in [-0.2, -0.15) is 0 Å². The minimum atomic E-state index is -3.87. The highest BCUT2D eigenvalue weighted by molar-refractivity contribution is 7.90. The first kappa shape index (κ1) is 29.5. The van der Waals surface area contributed by atoms with Gasteiger partial charge in [-0.25, -0.2) is 12.7 Å². The van der Waals surface area contributed by atoms with Crippen molar-refractivity contribution in [3.05, 3.63) is 89.5 Å². The van der Waals surface area contributed by atoms with Gasteiger partial charge in [-0.1, -0.05) is 66.4 Å². The number of carbonyl (C=O) groups is 1. The summed E-state index contributed by atoms with van der Waals surface area (Å²) >= 11 is 0. The zero-order chi connectivity index (χ0) is 27.4. The number of fused-ring (bicyclic) bond motifs is 2. The van der Waals surface area contributed by atoms with Crippen LogP contribution in [0.15, 0.2) is 77.7 Å². The Morgan fingerprint density at radius 1 is 1.02 bits per heavy atom. The lowest BCUT2D eigenvalue weighted by Gasteiger charge is -2.31. The lowest BCUT2D eigenvalue weighted by atomic mass is 10.0. The third kappa shape index (κ3) is 6.44. The van der Waals surface area contributed by atoms with Gasteiger partial charge in [0.15, 0.2) is 11.5 Å². The summed E-state index contributed by atoms with van der Waals surface area (Å²) in [4.78, 5) is 14.9. The molecule has 0 fully saturated rings. The molecular weight excluding hydrogens is 548 g/mol. The Bertz CT molecular complexity index is 1520. The quantitative estimate of drug-likeness (QED) is 0.351. The molecule has 2 aliphatic rings. The maximum atomic E-state index is 12.8. The van der Waals surface area contributed by atoms with E-state index in [4.69, 9.17) is 9.47 Å². The average molecular weight is 581 g/mol. The first-order chi connectivity index (χ1) is 18.8. The standard InChI is InChI=1S/C31H32N2O5S.ClH/c1-23(2)37-28-15-10-13-25-17-18-26(38-30(25)28)22-32(21-24-11-4-3-5-12-24)19-8-9-20-33-31(34)27-14-6-7-16-29(27)39(33,35)36;/h3-7,10-16,23,26H,17-22H2,1-2H3;1H. The number of hydrogen-bond donors (Lipinski definition) is 0. The van der Waals surface area contributed by atoms with Crippen LogP contribution in [0.2, 0.25) is 0 Å². The van der Waals surface area contributed by atoms with Gasteiger partial charge in [-0.3, -0.25) is 9.69 Å². The Balaban J connectivity index is 0.00000370. The number of halogens is 1. The largest absolute Gasteiger partial charge is 0.487 e. The lowest BCUT2D eigenvalue weighted by Crippen LogP contribution is -2.38. The molecule has 9 heteroatoms. The first-order valence-electron chi connectivity index (χ1n) is 13.2. The molecule has 3 aromatic rings. The van der Waals surface area contributed by atoms with Crippen LogP contribution in [0.5, 0.6) is 11.5 Å². The molecule has 0 saturated heterocycles. The lowest BCUT2D eigenvalue weighted by molar-refractivity contribution is 0.0882. The highest BCUT2D eigenvalue weighted by atomic mass is 35.5. The van der Waals surface area contributed by atoms with Crippen molar-refractivity contribution < 1.29 is 22.7 Å². The van der Waals surface area contributed by atoms with Crippen LogP contribution in [0.3, 0.4) is 0 Å². The highest BCUT2D eigenvalue weighted by Gasteiger charge is 2.40.